The van der Waals surface area contributed by atoms with Crippen LogP contribution in [-0.2, 0) is 9.59 Å². The molecule has 8 heteroatoms. The van der Waals surface area contributed by atoms with Crippen LogP contribution in [0.25, 0.3) is 11.1 Å². The van der Waals surface area contributed by atoms with Crippen LogP contribution in [0.2, 0.25) is 5.02 Å². The van der Waals surface area contributed by atoms with E-state index >= 15 is 0 Å². The van der Waals surface area contributed by atoms with Gasteiger partial charge in [0.15, 0.2) is 0 Å². The van der Waals surface area contributed by atoms with Crippen LogP contribution in [0.5, 0.6) is 0 Å². The minimum Gasteiger partial charge on any atom is -0.481 e. The highest BCUT2D eigenvalue weighted by Crippen LogP contribution is 2.37. The summed E-state index contributed by atoms with van der Waals surface area (Å²) in [7, 11) is 0. The lowest BCUT2D eigenvalue weighted by molar-refractivity contribution is -0.146. The molecule has 1 aliphatic rings. The molecule has 27 heavy (non-hydrogen) atoms. The molecule has 0 unspecified atom stereocenters. The molecule has 0 saturated carbocycles. The number of carbonyl (C=O) groups excluding carboxylic acids is 2. The van der Waals surface area contributed by atoms with Crippen molar-refractivity contribution in [3.8, 4) is 11.1 Å². The average Bonchev–Trinajstić information content (AvgIpc) is 3.06. The molecular formula is C19H17ClN2O4S. The summed E-state index contributed by atoms with van der Waals surface area (Å²) in [5.74, 6) is -3.60. The topological polar surface area (TPSA) is 109 Å². The first-order chi connectivity index (χ1) is 12.9. The number of nitrogens with one attached hydrogen (secondary N) is 1. The molecule has 4 N–H and O–H groups in total. The van der Waals surface area contributed by atoms with Crippen molar-refractivity contribution in [2.24, 2.45) is 17.6 Å². The Morgan fingerprint density at radius 3 is 2.33 bits per heavy atom. The average molecular weight is 405 g/mol. The number of allylic oxidation sites excluding steroid dienone is 2. The minimum absolute atomic E-state index is 0.203. The minimum atomic E-state index is -1.01. The summed E-state index contributed by atoms with van der Waals surface area (Å²) in [6.45, 7) is 0. The van der Waals surface area contributed by atoms with E-state index in [0.29, 0.717) is 28.4 Å². The molecule has 2 atom stereocenters. The van der Waals surface area contributed by atoms with Crippen LogP contribution in [0.1, 0.15) is 23.2 Å². The van der Waals surface area contributed by atoms with Crippen molar-refractivity contribution in [3.05, 3.63) is 52.4 Å². The normalized spacial score (nSPS) is 18.9. The molecule has 3 rings (SSSR count). The van der Waals surface area contributed by atoms with Crippen molar-refractivity contribution in [2.45, 2.75) is 12.8 Å². The molecule has 1 aromatic carbocycles. The van der Waals surface area contributed by atoms with Crippen LogP contribution in [0.15, 0.2) is 41.8 Å². The number of aliphatic carboxylic acids is 1. The standard InChI is InChI=1S/C19H17ClN2O4S/c20-11-7-5-10(6-8-11)14-9-27-18(15(14)16(21)23)22-17(24)12-3-1-2-4-13(12)19(25)26/h1-2,5-9,12-13H,3-4H2,(H2,21,23)(H,22,24)(H,25,26)/t12-,13+/m0/s1. The van der Waals surface area contributed by atoms with Crippen LogP contribution >= 0.6 is 22.9 Å². The van der Waals surface area contributed by atoms with Crippen LogP contribution in [0.3, 0.4) is 0 Å². The van der Waals surface area contributed by atoms with Gasteiger partial charge < -0.3 is 16.2 Å². The number of nitrogens with two attached hydrogens (primary N) is 1. The maximum atomic E-state index is 12.7. The van der Waals surface area contributed by atoms with Crippen LogP contribution < -0.4 is 11.1 Å². The molecule has 140 valence electrons. The number of primary amides is 1. The van der Waals surface area contributed by atoms with Gasteiger partial charge in [-0.3, -0.25) is 14.4 Å². The molecule has 0 fully saturated rings. The van der Waals surface area contributed by atoms with Gasteiger partial charge in [-0.25, -0.2) is 0 Å². The van der Waals surface area contributed by atoms with Crippen molar-refractivity contribution in [1.29, 1.82) is 0 Å². The Labute approximate surface area is 164 Å². The van der Waals surface area contributed by atoms with Crippen molar-refractivity contribution in [3.63, 3.8) is 0 Å². The maximum absolute atomic E-state index is 12.7. The Bertz CT molecular complexity index is 920. The summed E-state index contributed by atoms with van der Waals surface area (Å²) < 4.78 is 0. The second kappa shape index (κ2) is 7.94. The fourth-order valence-electron chi connectivity index (χ4n) is 3.12. The summed E-state index contributed by atoms with van der Waals surface area (Å²) in [5.41, 5.74) is 7.08. The zero-order valence-corrected chi connectivity index (χ0v) is 15.7. The maximum Gasteiger partial charge on any atom is 0.307 e. The third kappa shape index (κ3) is 4.04. The number of anilines is 1. The number of rotatable bonds is 5. The Kier molecular flexibility index (Phi) is 5.62. The monoisotopic (exact) mass is 404 g/mol. The van der Waals surface area contributed by atoms with E-state index in [1.165, 1.54) is 11.3 Å². The lowest BCUT2D eigenvalue weighted by Crippen LogP contribution is -2.35. The van der Waals surface area contributed by atoms with Gasteiger partial charge in [-0.15, -0.1) is 11.3 Å². The van der Waals surface area contributed by atoms with Gasteiger partial charge in [0.2, 0.25) is 5.91 Å². The van der Waals surface area contributed by atoms with Gasteiger partial charge in [0, 0.05) is 16.0 Å². The molecule has 0 bridgehead atoms. The third-order valence-electron chi connectivity index (χ3n) is 4.52. The van der Waals surface area contributed by atoms with Gasteiger partial charge in [0.25, 0.3) is 5.91 Å². The van der Waals surface area contributed by atoms with Gasteiger partial charge in [0.1, 0.15) is 5.00 Å². The van der Waals surface area contributed by atoms with E-state index in [9.17, 15) is 19.5 Å². The second-order valence-corrected chi connectivity index (χ2v) is 7.52. The summed E-state index contributed by atoms with van der Waals surface area (Å²) >= 11 is 7.08. The van der Waals surface area contributed by atoms with Crippen molar-refractivity contribution < 1.29 is 19.5 Å². The van der Waals surface area contributed by atoms with Crippen LogP contribution in [-0.4, -0.2) is 22.9 Å². The molecule has 0 spiro atoms. The number of thiophene rings is 1. The summed E-state index contributed by atoms with van der Waals surface area (Å²) in [6.07, 6.45) is 4.20. The van der Waals surface area contributed by atoms with Crippen molar-refractivity contribution >= 4 is 45.7 Å². The number of hydrogen-bond acceptors (Lipinski definition) is 4. The largest absolute Gasteiger partial charge is 0.481 e. The first-order valence-corrected chi connectivity index (χ1v) is 9.50. The predicted molar refractivity (Wildman–Crippen MR) is 105 cm³/mol. The predicted octanol–water partition coefficient (Wildman–Crippen LogP) is 3.77. The highest BCUT2D eigenvalue weighted by Gasteiger charge is 2.34. The van der Waals surface area contributed by atoms with Crippen LogP contribution in [0.4, 0.5) is 5.00 Å². The number of benzene rings is 1. The molecule has 1 aromatic heterocycles. The molecular weight excluding hydrogens is 388 g/mol. The molecule has 1 heterocycles. The third-order valence-corrected chi connectivity index (χ3v) is 5.66. The molecule has 1 aliphatic carbocycles. The highest BCUT2D eigenvalue weighted by molar-refractivity contribution is 7.15. The van der Waals surface area contributed by atoms with E-state index in [4.69, 9.17) is 17.3 Å². The van der Waals surface area contributed by atoms with Gasteiger partial charge in [-0.05, 0) is 30.5 Å². The van der Waals surface area contributed by atoms with Gasteiger partial charge in [0.05, 0.1) is 17.4 Å². The SMILES string of the molecule is NC(=O)c1c(-c2ccc(Cl)cc2)csc1NC(=O)[C@H]1CC=CC[C@H]1C(=O)O. The molecule has 6 nitrogen and oxygen atoms in total. The second-order valence-electron chi connectivity index (χ2n) is 6.21. The zero-order chi connectivity index (χ0) is 19.6. The molecule has 0 saturated heterocycles. The van der Waals surface area contributed by atoms with Crippen molar-refractivity contribution in [1.82, 2.24) is 0 Å². The summed E-state index contributed by atoms with van der Waals surface area (Å²) in [5, 5.41) is 14.7. The smallest absolute Gasteiger partial charge is 0.307 e. The van der Waals surface area contributed by atoms with Gasteiger partial charge in [-0.2, -0.15) is 0 Å². The number of carboxylic acids is 1. The first-order valence-electron chi connectivity index (χ1n) is 8.24. The quantitative estimate of drug-likeness (QED) is 0.659. The molecule has 0 aliphatic heterocycles. The lowest BCUT2D eigenvalue weighted by Gasteiger charge is -2.24. The zero-order valence-electron chi connectivity index (χ0n) is 14.1. The van der Waals surface area contributed by atoms with Gasteiger partial charge in [-0.1, -0.05) is 35.9 Å². The Morgan fingerprint density at radius 1 is 1.11 bits per heavy atom. The summed E-state index contributed by atoms with van der Waals surface area (Å²) in [4.78, 5) is 36.1. The van der Waals surface area contributed by atoms with E-state index in [-0.39, 0.29) is 5.56 Å². The Balaban J connectivity index is 1.90. The Hall–Kier alpha value is -2.64. The number of hydrogen-bond donors (Lipinski definition) is 3. The lowest BCUT2D eigenvalue weighted by atomic mass is 9.82. The number of amides is 2. The van der Waals surface area contributed by atoms with E-state index in [0.717, 1.165) is 5.56 Å². The number of halogens is 1. The fraction of sp³-hybridized carbons (Fsp3) is 0.211. The highest BCUT2D eigenvalue weighted by atomic mass is 35.5. The first kappa shape index (κ1) is 19.1. The van der Waals surface area contributed by atoms with Crippen molar-refractivity contribution in [2.75, 3.05) is 5.32 Å². The van der Waals surface area contributed by atoms with Gasteiger partial charge >= 0.3 is 5.97 Å². The van der Waals surface area contributed by atoms with E-state index in [2.05, 4.69) is 5.32 Å². The van der Waals surface area contributed by atoms with E-state index in [1.54, 1.807) is 41.8 Å². The number of carboxylic acid groups (broad SMARTS) is 1. The molecule has 2 amide bonds. The van der Waals surface area contributed by atoms with E-state index in [1.807, 2.05) is 0 Å². The summed E-state index contributed by atoms with van der Waals surface area (Å²) in [6, 6.07) is 6.91. The molecule has 0 radical (unpaired) electrons. The molecule has 2 aromatic rings. The Morgan fingerprint density at radius 2 is 1.74 bits per heavy atom. The van der Waals surface area contributed by atoms with Crippen LogP contribution in [0, 0.1) is 11.8 Å². The fourth-order valence-corrected chi connectivity index (χ4v) is 4.22. The van der Waals surface area contributed by atoms with E-state index < -0.39 is 29.6 Å². The number of carbonyl (C=O) groups is 3.